The van der Waals surface area contributed by atoms with E-state index in [1.807, 2.05) is 0 Å². The van der Waals surface area contributed by atoms with Gasteiger partial charge >= 0.3 is 0 Å². The molecular weight excluding hydrogens is 323 g/mol. The predicted octanol–water partition coefficient (Wildman–Crippen LogP) is 1.97. The van der Waals surface area contributed by atoms with Gasteiger partial charge in [-0.2, -0.15) is 0 Å². The topological polar surface area (TPSA) is 61.5 Å². The van der Waals surface area contributed by atoms with Crippen LogP contribution in [0.25, 0.3) is 0 Å². The fourth-order valence-electron chi connectivity index (χ4n) is 3.20. The van der Waals surface area contributed by atoms with Crippen molar-refractivity contribution in [3.05, 3.63) is 53.9 Å². The Morgan fingerprint density at radius 3 is 2.84 bits per heavy atom. The smallest absolute Gasteiger partial charge is 0.236 e. The van der Waals surface area contributed by atoms with Crippen molar-refractivity contribution in [1.82, 2.24) is 19.8 Å². The first-order valence-electron chi connectivity index (χ1n) is 8.31. The maximum absolute atomic E-state index is 13.0. The highest BCUT2D eigenvalue weighted by molar-refractivity contribution is 5.78. The van der Waals surface area contributed by atoms with E-state index in [2.05, 4.69) is 14.9 Å². The van der Waals surface area contributed by atoms with E-state index in [-0.39, 0.29) is 23.9 Å². The van der Waals surface area contributed by atoms with Crippen molar-refractivity contribution >= 4 is 5.91 Å². The third kappa shape index (κ3) is 4.24. The highest BCUT2D eigenvalue weighted by Crippen LogP contribution is 2.31. The number of likely N-dealkylation sites (tertiary alicyclic amines) is 1. The largest absolute Gasteiger partial charge is 0.380 e. The molecule has 2 heterocycles. The van der Waals surface area contributed by atoms with Crippen LogP contribution in [0.3, 0.4) is 0 Å². The zero-order valence-electron chi connectivity index (χ0n) is 14.5. The van der Waals surface area contributed by atoms with Crippen LogP contribution in [-0.4, -0.2) is 59.0 Å². The van der Waals surface area contributed by atoms with Crippen LogP contribution in [0.2, 0.25) is 0 Å². The maximum Gasteiger partial charge on any atom is 0.236 e. The summed E-state index contributed by atoms with van der Waals surface area (Å²) in [6, 6.07) is 6.25. The Morgan fingerprint density at radius 1 is 1.44 bits per heavy atom. The summed E-state index contributed by atoms with van der Waals surface area (Å²) in [6.07, 6.45) is 4.40. The fourth-order valence-corrected chi connectivity index (χ4v) is 3.20. The molecule has 1 fully saturated rings. The molecule has 1 saturated heterocycles. The number of nitrogens with one attached hydrogen (secondary N) is 1. The lowest BCUT2D eigenvalue weighted by molar-refractivity contribution is -0.132. The highest BCUT2D eigenvalue weighted by Gasteiger charge is 2.36. The van der Waals surface area contributed by atoms with Crippen molar-refractivity contribution in [2.45, 2.75) is 25.1 Å². The summed E-state index contributed by atoms with van der Waals surface area (Å²) in [5.41, 5.74) is 0.899. The Morgan fingerprint density at radius 2 is 2.20 bits per heavy atom. The SMILES string of the molecule is CO[C@@H]1CC(c2ncc[nH]2)N(CC(=O)N(C)Cc2ccc(F)cc2)C1. The number of H-pyrrole nitrogens is 1. The summed E-state index contributed by atoms with van der Waals surface area (Å²) in [7, 11) is 3.45. The molecule has 1 N–H and O–H groups in total. The second kappa shape index (κ2) is 7.76. The van der Waals surface area contributed by atoms with Crippen LogP contribution in [-0.2, 0) is 16.1 Å². The van der Waals surface area contributed by atoms with Gasteiger partial charge in [0.1, 0.15) is 11.6 Å². The first-order valence-corrected chi connectivity index (χ1v) is 8.31. The molecule has 2 atom stereocenters. The van der Waals surface area contributed by atoms with Gasteiger partial charge in [-0.05, 0) is 24.1 Å². The number of hydrogen-bond acceptors (Lipinski definition) is 4. The molecule has 7 heteroatoms. The molecule has 0 bridgehead atoms. The Hall–Kier alpha value is -2.25. The third-order valence-electron chi connectivity index (χ3n) is 4.63. The molecule has 1 aromatic carbocycles. The van der Waals surface area contributed by atoms with E-state index in [0.29, 0.717) is 19.6 Å². The van der Waals surface area contributed by atoms with E-state index in [0.717, 1.165) is 17.8 Å². The zero-order valence-corrected chi connectivity index (χ0v) is 14.5. The quantitative estimate of drug-likeness (QED) is 0.869. The molecule has 2 aromatic rings. The van der Waals surface area contributed by atoms with E-state index < -0.39 is 0 Å². The number of aromatic nitrogens is 2. The second-order valence-corrected chi connectivity index (χ2v) is 6.39. The number of imidazole rings is 1. The van der Waals surface area contributed by atoms with Crippen LogP contribution in [0, 0.1) is 5.82 Å². The van der Waals surface area contributed by atoms with Crippen molar-refractivity contribution in [3.63, 3.8) is 0 Å². The predicted molar refractivity (Wildman–Crippen MR) is 91.2 cm³/mol. The molecule has 3 rings (SSSR count). The normalized spacial score (nSPS) is 20.8. The molecule has 6 nitrogen and oxygen atoms in total. The fraction of sp³-hybridized carbons (Fsp3) is 0.444. The van der Waals surface area contributed by atoms with Crippen molar-refractivity contribution in [1.29, 1.82) is 0 Å². The Kier molecular flexibility index (Phi) is 5.45. The van der Waals surface area contributed by atoms with Crippen molar-refractivity contribution < 1.29 is 13.9 Å². The minimum Gasteiger partial charge on any atom is -0.380 e. The number of methoxy groups -OCH3 is 1. The van der Waals surface area contributed by atoms with Crippen LogP contribution in [0.1, 0.15) is 23.9 Å². The number of rotatable bonds is 6. The number of nitrogens with zero attached hydrogens (tertiary/aromatic N) is 3. The first-order chi connectivity index (χ1) is 12.1. The van der Waals surface area contributed by atoms with Gasteiger partial charge in [0.25, 0.3) is 0 Å². The third-order valence-corrected chi connectivity index (χ3v) is 4.63. The molecule has 0 saturated carbocycles. The van der Waals surface area contributed by atoms with E-state index in [4.69, 9.17) is 4.74 Å². The molecule has 0 spiro atoms. The summed E-state index contributed by atoms with van der Waals surface area (Å²) < 4.78 is 18.5. The van der Waals surface area contributed by atoms with Crippen LogP contribution in [0.15, 0.2) is 36.7 Å². The average molecular weight is 346 g/mol. The molecule has 1 aliphatic heterocycles. The minimum atomic E-state index is -0.276. The lowest BCUT2D eigenvalue weighted by Gasteiger charge is -2.25. The number of hydrogen-bond donors (Lipinski definition) is 1. The van der Waals surface area contributed by atoms with E-state index in [1.165, 1.54) is 12.1 Å². The van der Waals surface area contributed by atoms with Gasteiger partial charge in [0.15, 0.2) is 0 Å². The van der Waals surface area contributed by atoms with E-state index in [9.17, 15) is 9.18 Å². The highest BCUT2D eigenvalue weighted by atomic mass is 19.1. The number of carbonyl (C=O) groups is 1. The maximum atomic E-state index is 13.0. The van der Waals surface area contributed by atoms with Gasteiger partial charge in [0.05, 0.1) is 18.7 Å². The Bertz CT molecular complexity index is 690. The zero-order chi connectivity index (χ0) is 17.8. The van der Waals surface area contributed by atoms with Crippen LogP contribution < -0.4 is 0 Å². The number of likely N-dealkylation sites (N-methyl/N-ethyl adjacent to an activating group) is 1. The van der Waals surface area contributed by atoms with Gasteiger partial charge in [-0.15, -0.1) is 0 Å². The van der Waals surface area contributed by atoms with E-state index in [1.54, 1.807) is 43.6 Å². The number of aromatic amines is 1. The summed E-state index contributed by atoms with van der Waals surface area (Å²) in [6.45, 7) is 1.44. The molecule has 1 aliphatic rings. The number of ether oxygens (including phenoxy) is 1. The molecule has 1 aromatic heterocycles. The number of halogens is 1. The standard InChI is InChI=1S/C18H23FN4O2/c1-22(10-13-3-5-14(19)6-4-13)17(24)12-23-11-15(25-2)9-16(23)18-20-7-8-21-18/h3-8,15-16H,9-12H2,1-2H3,(H,20,21)/t15-,16?/m1/s1. The molecule has 1 amide bonds. The van der Waals surface area contributed by atoms with Gasteiger partial charge < -0.3 is 14.6 Å². The van der Waals surface area contributed by atoms with Gasteiger partial charge in [-0.25, -0.2) is 9.37 Å². The molecule has 0 aliphatic carbocycles. The van der Waals surface area contributed by atoms with Crippen LogP contribution in [0.5, 0.6) is 0 Å². The van der Waals surface area contributed by atoms with Gasteiger partial charge in [-0.3, -0.25) is 9.69 Å². The number of benzene rings is 1. The average Bonchev–Trinajstić information content (AvgIpc) is 3.26. The monoisotopic (exact) mass is 346 g/mol. The molecule has 0 radical (unpaired) electrons. The van der Waals surface area contributed by atoms with Gasteiger partial charge in [0.2, 0.25) is 5.91 Å². The molecule has 134 valence electrons. The number of amides is 1. The first kappa shape index (κ1) is 17.6. The Labute approximate surface area is 146 Å². The van der Waals surface area contributed by atoms with Crippen LogP contribution in [0.4, 0.5) is 4.39 Å². The summed E-state index contributed by atoms with van der Waals surface area (Å²) >= 11 is 0. The summed E-state index contributed by atoms with van der Waals surface area (Å²) in [4.78, 5) is 23.8. The number of carbonyl (C=O) groups excluding carboxylic acids is 1. The molecule has 25 heavy (non-hydrogen) atoms. The van der Waals surface area contributed by atoms with E-state index >= 15 is 0 Å². The molecule has 1 unspecified atom stereocenters. The van der Waals surface area contributed by atoms with Crippen LogP contribution >= 0.6 is 0 Å². The van der Waals surface area contributed by atoms with Gasteiger partial charge in [-0.1, -0.05) is 12.1 Å². The van der Waals surface area contributed by atoms with Crippen molar-refractivity contribution in [3.8, 4) is 0 Å². The lowest BCUT2D eigenvalue weighted by Crippen LogP contribution is -2.38. The lowest BCUT2D eigenvalue weighted by atomic mass is 10.2. The second-order valence-electron chi connectivity index (χ2n) is 6.39. The van der Waals surface area contributed by atoms with Crippen molar-refractivity contribution in [2.75, 3.05) is 27.2 Å². The summed E-state index contributed by atoms with van der Waals surface area (Å²) in [5, 5.41) is 0. The Balaban J connectivity index is 1.62. The van der Waals surface area contributed by atoms with Crippen molar-refractivity contribution in [2.24, 2.45) is 0 Å². The summed E-state index contributed by atoms with van der Waals surface area (Å²) in [5.74, 6) is 0.591. The van der Waals surface area contributed by atoms with Gasteiger partial charge in [0, 0.05) is 39.6 Å². The molecular formula is C18H23FN4O2. The minimum absolute atomic E-state index is 0.0117.